The zero-order chi connectivity index (χ0) is 16.8. The number of phenols is 2. The first kappa shape index (κ1) is 16.6. The van der Waals surface area contributed by atoms with Gasteiger partial charge in [-0.05, 0) is 41.5 Å². The number of aromatic hydroxyl groups is 2. The van der Waals surface area contributed by atoms with Gasteiger partial charge in [0, 0.05) is 6.21 Å². The van der Waals surface area contributed by atoms with Crippen LogP contribution in [0.2, 0.25) is 0 Å². The first-order valence-corrected chi connectivity index (χ1v) is 6.97. The van der Waals surface area contributed by atoms with Crippen LogP contribution < -0.4 is 9.47 Å². The molecule has 0 spiro atoms. The maximum absolute atomic E-state index is 10.2. The van der Waals surface area contributed by atoms with E-state index in [-0.39, 0.29) is 18.0 Å². The van der Waals surface area contributed by atoms with Crippen LogP contribution in [0, 0.1) is 0 Å². The summed E-state index contributed by atoms with van der Waals surface area (Å²) < 4.78 is 10.3. The summed E-state index contributed by atoms with van der Waals surface area (Å²) in [5, 5.41) is 28.8. The lowest BCUT2D eigenvalue weighted by Gasteiger charge is -2.12. The Hall–Kier alpha value is -2.73. The summed E-state index contributed by atoms with van der Waals surface area (Å²) in [5.74, 6) is 0.727. The zero-order valence-electron chi connectivity index (χ0n) is 12.9. The molecule has 0 aromatic heterocycles. The van der Waals surface area contributed by atoms with Gasteiger partial charge in [0.25, 0.3) is 0 Å². The van der Waals surface area contributed by atoms with Crippen molar-refractivity contribution in [3.8, 4) is 23.0 Å². The molecule has 1 atom stereocenters. The van der Waals surface area contributed by atoms with E-state index in [0.717, 1.165) is 0 Å². The maximum Gasteiger partial charge on any atom is 0.161 e. The number of phenolic OH excluding ortho intramolecular Hbond substituents is 2. The second-order valence-electron chi connectivity index (χ2n) is 4.87. The minimum Gasteiger partial charge on any atom is -0.504 e. The molecule has 0 saturated heterocycles. The highest BCUT2D eigenvalue weighted by atomic mass is 16.5. The van der Waals surface area contributed by atoms with Crippen molar-refractivity contribution in [2.75, 3.05) is 20.8 Å². The van der Waals surface area contributed by atoms with Gasteiger partial charge in [0.1, 0.15) is 0 Å². The third kappa shape index (κ3) is 4.14. The number of hydrogen-bond acceptors (Lipinski definition) is 6. The number of nitrogens with zero attached hydrogens (tertiary/aromatic N) is 1. The number of benzene rings is 2. The highest BCUT2D eigenvalue weighted by Gasteiger charge is 2.11. The molecule has 0 heterocycles. The summed E-state index contributed by atoms with van der Waals surface area (Å²) >= 11 is 0. The molecule has 0 aliphatic carbocycles. The summed E-state index contributed by atoms with van der Waals surface area (Å²) in [6, 6.07) is 9.54. The Bertz CT molecular complexity index is 699. The van der Waals surface area contributed by atoms with Gasteiger partial charge >= 0.3 is 0 Å². The van der Waals surface area contributed by atoms with Gasteiger partial charge in [-0.1, -0.05) is 6.07 Å². The lowest BCUT2D eigenvalue weighted by Crippen LogP contribution is -2.03. The van der Waals surface area contributed by atoms with Crippen LogP contribution >= 0.6 is 0 Å². The van der Waals surface area contributed by atoms with Crippen molar-refractivity contribution in [2.45, 2.75) is 6.10 Å². The Morgan fingerprint density at radius 3 is 2.39 bits per heavy atom. The number of aliphatic imine (C=N–C) groups is 1. The second kappa shape index (κ2) is 7.51. The molecule has 23 heavy (non-hydrogen) atoms. The van der Waals surface area contributed by atoms with Crippen molar-refractivity contribution in [3.63, 3.8) is 0 Å². The fourth-order valence-electron chi connectivity index (χ4n) is 2.04. The molecule has 0 aliphatic rings. The molecule has 122 valence electrons. The van der Waals surface area contributed by atoms with Crippen molar-refractivity contribution in [1.82, 2.24) is 0 Å². The van der Waals surface area contributed by atoms with Crippen molar-refractivity contribution >= 4 is 6.21 Å². The fourth-order valence-corrected chi connectivity index (χ4v) is 2.04. The first-order valence-electron chi connectivity index (χ1n) is 6.97. The lowest BCUT2D eigenvalue weighted by atomic mass is 10.1. The molecular formula is C17H19NO5. The molecule has 2 aromatic rings. The number of hydrogen-bond donors (Lipinski definition) is 3. The quantitative estimate of drug-likeness (QED) is 0.561. The Morgan fingerprint density at radius 1 is 1.00 bits per heavy atom. The van der Waals surface area contributed by atoms with Crippen molar-refractivity contribution in [1.29, 1.82) is 0 Å². The van der Waals surface area contributed by atoms with Crippen LogP contribution in [0.25, 0.3) is 0 Å². The molecule has 0 saturated carbocycles. The first-order chi connectivity index (χ1) is 11.0. The lowest BCUT2D eigenvalue weighted by molar-refractivity contribution is 0.187. The summed E-state index contributed by atoms with van der Waals surface area (Å²) in [5.41, 5.74) is 1.29. The Morgan fingerprint density at radius 2 is 1.74 bits per heavy atom. The van der Waals surface area contributed by atoms with Crippen LogP contribution in [-0.4, -0.2) is 42.3 Å². The number of aliphatic hydroxyl groups is 1. The predicted molar refractivity (Wildman–Crippen MR) is 86.7 cm³/mol. The third-order valence-corrected chi connectivity index (χ3v) is 3.31. The van der Waals surface area contributed by atoms with Gasteiger partial charge in [-0.15, -0.1) is 0 Å². The molecule has 0 fully saturated rings. The summed E-state index contributed by atoms with van der Waals surface area (Å²) in [7, 11) is 3.08. The monoisotopic (exact) mass is 317 g/mol. The number of rotatable bonds is 6. The molecule has 1 unspecified atom stereocenters. The van der Waals surface area contributed by atoms with Crippen LogP contribution in [0.1, 0.15) is 17.2 Å². The van der Waals surface area contributed by atoms with E-state index < -0.39 is 6.10 Å². The number of aliphatic hydroxyl groups excluding tert-OH is 1. The average molecular weight is 317 g/mol. The summed E-state index contributed by atoms with van der Waals surface area (Å²) in [6.45, 7) is 0.150. The molecule has 0 amide bonds. The topological polar surface area (TPSA) is 91.5 Å². The molecule has 6 nitrogen and oxygen atoms in total. The van der Waals surface area contributed by atoms with E-state index in [1.54, 1.807) is 31.4 Å². The summed E-state index contributed by atoms with van der Waals surface area (Å²) in [6.07, 6.45) is 0.722. The van der Waals surface area contributed by atoms with Gasteiger partial charge in [0.05, 0.1) is 26.9 Å². The van der Waals surface area contributed by atoms with Crippen molar-refractivity contribution in [2.24, 2.45) is 4.99 Å². The standard InChI is InChI=1S/C17H19NO5/c1-22-16-6-4-12(8-17(16)23-2)15(21)10-18-9-11-3-5-13(19)14(20)7-11/h3-9,15,19-21H,10H2,1-2H3. The van der Waals surface area contributed by atoms with E-state index in [2.05, 4.69) is 4.99 Å². The van der Waals surface area contributed by atoms with Crippen LogP contribution in [0.15, 0.2) is 41.4 Å². The van der Waals surface area contributed by atoms with Crippen LogP contribution in [0.5, 0.6) is 23.0 Å². The smallest absolute Gasteiger partial charge is 0.161 e. The van der Waals surface area contributed by atoms with Gasteiger partial charge in [-0.3, -0.25) is 4.99 Å². The van der Waals surface area contributed by atoms with Gasteiger partial charge in [-0.2, -0.15) is 0 Å². The SMILES string of the molecule is COc1ccc(C(O)CN=Cc2ccc(O)c(O)c2)cc1OC. The van der Waals surface area contributed by atoms with E-state index in [4.69, 9.17) is 9.47 Å². The predicted octanol–water partition coefficient (Wildman–Crippen LogP) is 2.27. The van der Waals surface area contributed by atoms with Crippen LogP contribution in [0.4, 0.5) is 0 Å². The van der Waals surface area contributed by atoms with Gasteiger partial charge in [-0.25, -0.2) is 0 Å². The number of methoxy groups -OCH3 is 2. The van der Waals surface area contributed by atoms with Crippen LogP contribution in [0.3, 0.4) is 0 Å². The minimum absolute atomic E-state index is 0.150. The van der Waals surface area contributed by atoms with Gasteiger partial charge in [0.15, 0.2) is 23.0 Å². The zero-order valence-corrected chi connectivity index (χ0v) is 12.9. The molecule has 6 heteroatoms. The maximum atomic E-state index is 10.2. The normalized spacial score (nSPS) is 12.3. The molecule has 3 N–H and O–H groups in total. The summed E-state index contributed by atoms with van der Waals surface area (Å²) in [4.78, 5) is 4.15. The molecule has 2 aromatic carbocycles. The minimum atomic E-state index is -0.795. The third-order valence-electron chi connectivity index (χ3n) is 3.31. The molecule has 2 rings (SSSR count). The van der Waals surface area contributed by atoms with Gasteiger partial charge < -0.3 is 24.8 Å². The Kier molecular flexibility index (Phi) is 5.43. The fraction of sp³-hybridized carbons (Fsp3) is 0.235. The molecule has 0 aliphatic heterocycles. The average Bonchev–Trinajstić information content (AvgIpc) is 2.57. The van der Waals surface area contributed by atoms with E-state index in [1.807, 2.05) is 0 Å². The van der Waals surface area contributed by atoms with E-state index in [9.17, 15) is 15.3 Å². The van der Waals surface area contributed by atoms with Crippen molar-refractivity contribution < 1.29 is 24.8 Å². The molecular weight excluding hydrogens is 298 g/mol. The largest absolute Gasteiger partial charge is 0.504 e. The van der Waals surface area contributed by atoms with E-state index in [1.165, 1.54) is 25.5 Å². The molecule has 0 radical (unpaired) electrons. The molecule has 0 bridgehead atoms. The highest BCUT2D eigenvalue weighted by Crippen LogP contribution is 2.30. The van der Waals surface area contributed by atoms with Crippen LogP contribution in [-0.2, 0) is 0 Å². The Labute approximate surface area is 134 Å². The Balaban J connectivity index is 2.05. The van der Waals surface area contributed by atoms with E-state index in [0.29, 0.717) is 22.6 Å². The van der Waals surface area contributed by atoms with Crippen molar-refractivity contribution in [3.05, 3.63) is 47.5 Å². The number of ether oxygens (including phenoxy) is 2. The second-order valence-corrected chi connectivity index (χ2v) is 4.87. The van der Waals surface area contributed by atoms with E-state index >= 15 is 0 Å². The highest BCUT2D eigenvalue weighted by molar-refractivity contribution is 5.80. The van der Waals surface area contributed by atoms with Gasteiger partial charge in [0.2, 0.25) is 0 Å².